The van der Waals surface area contributed by atoms with Crippen molar-refractivity contribution in [2.24, 2.45) is 11.7 Å². The molecule has 0 aromatic carbocycles. The summed E-state index contributed by atoms with van der Waals surface area (Å²) in [5, 5.41) is 4.59. The topological polar surface area (TPSA) is 53.1 Å². The molecular weight excluding hydrogens is 226 g/mol. The highest BCUT2D eigenvalue weighted by Gasteiger charge is 2.28. The summed E-state index contributed by atoms with van der Waals surface area (Å²) in [6, 6.07) is 2.58. The van der Waals surface area contributed by atoms with Crippen LogP contribution in [0.4, 0.5) is 0 Å². The van der Waals surface area contributed by atoms with Gasteiger partial charge in [0.1, 0.15) is 0 Å². The standard InChI is InChI=1S/C14H25N3O/c1-3-13(4-2)17-6-5-12(16-17)10-18-14-7-11(8-14)9-15/h5-6,11,13-14H,3-4,7-10,15H2,1-2H3. The van der Waals surface area contributed by atoms with Gasteiger partial charge in [-0.2, -0.15) is 5.10 Å². The van der Waals surface area contributed by atoms with Crippen LogP contribution in [0.1, 0.15) is 51.3 Å². The molecule has 1 saturated carbocycles. The van der Waals surface area contributed by atoms with Gasteiger partial charge in [-0.15, -0.1) is 0 Å². The first-order valence-corrected chi connectivity index (χ1v) is 7.12. The summed E-state index contributed by atoms with van der Waals surface area (Å²) < 4.78 is 7.90. The first-order valence-electron chi connectivity index (χ1n) is 7.12. The molecule has 0 radical (unpaired) electrons. The molecule has 0 bridgehead atoms. The van der Waals surface area contributed by atoms with Crippen LogP contribution in [0.3, 0.4) is 0 Å². The third-order valence-corrected chi connectivity index (χ3v) is 3.97. The molecule has 0 spiro atoms. The molecule has 0 atom stereocenters. The third kappa shape index (κ3) is 3.12. The van der Waals surface area contributed by atoms with E-state index < -0.39 is 0 Å². The van der Waals surface area contributed by atoms with E-state index in [1.54, 1.807) is 0 Å². The second-order valence-corrected chi connectivity index (χ2v) is 5.26. The largest absolute Gasteiger partial charge is 0.372 e. The lowest BCUT2D eigenvalue weighted by Gasteiger charge is -2.33. The number of nitrogens with two attached hydrogens (primary N) is 1. The summed E-state index contributed by atoms with van der Waals surface area (Å²) in [6.07, 6.45) is 6.95. The maximum atomic E-state index is 5.83. The average Bonchev–Trinajstić information content (AvgIpc) is 2.78. The Labute approximate surface area is 110 Å². The fourth-order valence-corrected chi connectivity index (χ4v) is 2.53. The van der Waals surface area contributed by atoms with Gasteiger partial charge in [0.2, 0.25) is 0 Å². The first kappa shape index (κ1) is 13.6. The molecule has 1 aromatic rings. The highest BCUT2D eigenvalue weighted by Crippen LogP contribution is 2.29. The Balaban J connectivity index is 1.77. The van der Waals surface area contributed by atoms with E-state index in [0.29, 0.717) is 24.7 Å². The lowest BCUT2D eigenvalue weighted by molar-refractivity contribution is -0.0389. The Kier molecular flexibility index (Phi) is 4.78. The van der Waals surface area contributed by atoms with Gasteiger partial charge in [-0.3, -0.25) is 4.68 Å². The summed E-state index contributed by atoms with van der Waals surface area (Å²) in [5.41, 5.74) is 6.64. The Morgan fingerprint density at radius 1 is 1.44 bits per heavy atom. The number of rotatable bonds is 7. The predicted molar refractivity (Wildman–Crippen MR) is 72.2 cm³/mol. The molecule has 1 aromatic heterocycles. The number of nitrogens with zero attached hydrogens (tertiary/aromatic N) is 2. The van der Waals surface area contributed by atoms with Crippen LogP contribution in [0.2, 0.25) is 0 Å². The van der Waals surface area contributed by atoms with E-state index in [2.05, 4.69) is 35.9 Å². The molecule has 4 heteroatoms. The highest BCUT2D eigenvalue weighted by atomic mass is 16.5. The van der Waals surface area contributed by atoms with E-state index in [-0.39, 0.29) is 0 Å². The summed E-state index contributed by atoms with van der Waals surface area (Å²) in [5.74, 6) is 0.678. The zero-order valence-electron chi connectivity index (χ0n) is 11.5. The summed E-state index contributed by atoms with van der Waals surface area (Å²) in [6.45, 7) is 5.83. The number of ether oxygens (including phenoxy) is 1. The zero-order chi connectivity index (χ0) is 13.0. The molecule has 1 aliphatic carbocycles. The van der Waals surface area contributed by atoms with Crippen LogP contribution in [0.15, 0.2) is 12.3 Å². The Morgan fingerprint density at radius 2 is 2.17 bits per heavy atom. The van der Waals surface area contributed by atoms with Crippen molar-refractivity contribution in [2.75, 3.05) is 6.54 Å². The van der Waals surface area contributed by atoms with Gasteiger partial charge in [0.05, 0.1) is 24.4 Å². The van der Waals surface area contributed by atoms with E-state index in [9.17, 15) is 0 Å². The van der Waals surface area contributed by atoms with E-state index >= 15 is 0 Å². The Bertz CT molecular complexity index is 354. The lowest BCUT2D eigenvalue weighted by Crippen LogP contribution is -2.35. The van der Waals surface area contributed by atoms with Crippen LogP contribution >= 0.6 is 0 Å². The molecule has 0 saturated heterocycles. The number of hydrogen-bond acceptors (Lipinski definition) is 3. The summed E-state index contributed by atoms with van der Waals surface area (Å²) in [7, 11) is 0. The molecule has 1 heterocycles. The van der Waals surface area contributed by atoms with E-state index in [1.165, 1.54) is 0 Å². The fraction of sp³-hybridized carbons (Fsp3) is 0.786. The predicted octanol–water partition coefficient (Wildman–Crippen LogP) is 2.50. The second-order valence-electron chi connectivity index (χ2n) is 5.26. The molecule has 18 heavy (non-hydrogen) atoms. The van der Waals surface area contributed by atoms with Crippen LogP contribution in [0.25, 0.3) is 0 Å². The van der Waals surface area contributed by atoms with E-state index in [4.69, 9.17) is 10.5 Å². The monoisotopic (exact) mass is 251 g/mol. The normalized spacial score (nSPS) is 23.3. The maximum absolute atomic E-state index is 5.83. The quantitative estimate of drug-likeness (QED) is 0.810. The average molecular weight is 251 g/mol. The van der Waals surface area contributed by atoms with Crippen LogP contribution < -0.4 is 5.73 Å². The van der Waals surface area contributed by atoms with Crippen molar-refractivity contribution in [1.82, 2.24) is 9.78 Å². The second kappa shape index (κ2) is 6.34. The summed E-state index contributed by atoms with van der Waals surface area (Å²) in [4.78, 5) is 0. The van der Waals surface area contributed by atoms with Gasteiger partial charge >= 0.3 is 0 Å². The van der Waals surface area contributed by atoms with E-state index in [0.717, 1.165) is 37.9 Å². The molecule has 2 rings (SSSR count). The van der Waals surface area contributed by atoms with Crippen LogP contribution in [0.5, 0.6) is 0 Å². The molecule has 102 valence electrons. The first-order chi connectivity index (χ1) is 8.76. The van der Waals surface area contributed by atoms with Crippen LogP contribution in [-0.4, -0.2) is 22.4 Å². The number of hydrogen-bond donors (Lipinski definition) is 1. The van der Waals surface area contributed by atoms with Crippen molar-refractivity contribution >= 4 is 0 Å². The molecule has 0 aliphatic heterocycles. The smallest absolute Gasteiger partial charge is 0.0910 e. The van der Waals surface area contributed by atoms with Crippen molar-refractivity contribution in [3.63, 3.8) is 0 Å². The van der Waals surface area contributed by atoms with E-state index in [1.807, 2.05) is 0 Å². The van der Waals surface area contributed by atoms with Crippen molar-refractivity contribution in [3.8, 4) is 0 Å². The molecule has 4 nitrogen and oxygen atoms in total. The molecule has 0 unspecified atom stereocenters. The summed E-state index contributed by atoms with van der Waals surface area (Å²) >= 11 is 0. The molecule has 1 aliphatic rings. The van der Waals surface area contributed by atoms with Crippen LogP contribution in [0, 0.1) is 5.92 Å². The van der Waals surface area contributed by atoms with Crippen molar-refractivity contribution in [1.29, 1.82) is 0 Å². The zero-order valence-corrected chi connectivity index (χ0v) is 11.5. The minimum Gasteiger partial charge on any atom is -0.372 e. The lowest BCUT2D eigenvalue weighted by atomic mass is 9.82. The third-order valence-electron chi connectivity index (χ3n) is 3.97. The van der Waals surface area contributed by atoms with Gasteiger partial charge < -0.3 is 10.5 Å². The molecule has 0 amide bonds. The molecular formula is C14H25N3O. The van der Waals surface area contributed by atoms with Gasteiger partial charge in [-0.05, 0) is 44.2 Å². The highest BCUT2D eigenvalue weighted by molar-refractivity contribution is 4.98. The minimum atomic E-state index is 0.400. The SMILES string of the molecule is CCC(CC)n1ccc(COC2CC(CN)C2)n1. The minimum absolute atomic E-state index is 0.400. The number of aromatic nitrogens is 2. The van der Waals surface area contributed by atoms with Gasteiger partial charge in [0, 0.05) is 6.20 Å². The van der Waals surface area contributed by atoms with Gasteiger partial charge in [0.15, 0.2) is 0 Å². The molecule has 1 fully saturated rings. The van der Waals surface area contributed by atoms with Crippen LogP contribution in [-0.2, 0) is 11.3 Å². The Hall–Kier alpha value is -0.870. The van der Waals surface area contributed by atoms with Gasteiger partial charge in [-0.25, -0.2) is 0 Å². The maximum Gasteiger partial charge on any atom is 0.0910 e. The van der Waals surface area contributed by atoms with Gasteiger partial charge in [-0.1, -0.05) is 13.8 Å². The van der Waals surface area contributed by atoms with Gasteiger partial charge in [0.25, 0.3) is 0 Å². The molecule has 2 N–H and O–H groups in total. The van der Waals surface area contributed by atoms with Crippen molar-refractivity contribution in [2.45, 2.75) is 58.3 Å². The Morgan fingerprint density at radius 3 is 2.78 bits per heavy atom. The van der Waals surface area contributed by atoms with Crippen molar-refractivity contribution in [3.05, 3.63) is 18.0 Å². The fourth-order valence-electron chi connectivity index (χ4n) is 2.53. The van der Waals surface area contributed by atoms with Crippen molar-refractivity contribution < 1.29 is 4.74 Å².